The Labute approximate surface area is 188 Å². The molecule has 0 unspecified atom stereocenters. The van der Waals surface area contributed by atoms with E-state index in [9.17, 15) is 19.5 Å². The number of benzene rings is 1. The van der Waals surface area contributed by atoms with Gasteiger partial charge in [0.2, 0.25) is 5.91 Å². The number of nitrogens with one attached hydrogen (secondary N) is 2. The highest BCUT2D eigenvalue weighted by atomic mass is 16.5. The van der Waals surface area contributed by atoms with E-state index in [0.717, 1.165) is 12.0 Å². The Morgan fingerprint density at radius 1 is 1.03 bits per heavy atom. The summed E-state index contributed by atoms with van der Waals surface area (Å²) in [5.41, 5.74) is 1.25. The predicted molar refractivity (Wildman–Crippen MR) is 120 cm³/mol. The van der Waals surface area contributed by atoms with E-state index in [2.05, 4.69) is 15.6 Å². The van der Waals surface area contributed by atoms with Gasteiger partial charge in [-0.15, -0.1) is 0 Å². The number of amides is 2. The molecule has 0 aliphatic carbocycles. The number of aromatic nitrogens is 1. The minimum atomic E-state index is -1.16. The topological polar surface area (TPSA) is 118 Å². The summed E-state index contributed by atoms with van der Waals surface area (Å²) in [5, 5.41) is 14.8. The number of carboxylic acids is 1. The first-order chi connectivity index (χ1) is 15.2. The van der Waals surface area contributed by atoms with Gasteiger partial charge >= 0.3 is 12.1 Å². The maximum atomic E-state index is 13.0. The van der Waals surface area contributed by atoms with Gasteiger partial charge in [0.1, 0.15) is 18.7 Å². The fourth-order valence-corrected chi connectivity index (χ4v) is 3.04. The average Bonchev–Trinajstić information content (AvgIpc) is 2.78. The van der Waals surface area contributed by atoms with Gasteiger partial charge < -0.3 is 20.5 Å². The molecule has 0 bridgehead atoms. The fourth-order valence-electron chi connectivity index (χ4n) is 3.04. The van der Waals surface area contributed by atoms with Crippen LogP contribution in [0.25, 0.3) is 0 Å². The van der Waals surface area contributed by atoms with Crippen LogP contribution in [0.3, 0.4) is 0 Å². The molecular formula is C24H31N3O5. The second-order valence-electron chi connectivity index (χ2n) is 8.45. The van der Waals surface area contributed by atoms with Crippen LogP contribution >= 0.6 is 0 Å². The van der Waals surface area contributed by atoms with E-state index in [-0.39, 0.29) is 18.4 Å². The molecule has 0 radical (unpaired) electrons. The standard InChI is InChI=1S/C24H31N3O5/c1-4-24(2,3)14-20(27-23(31)32-16-17-9-6-5-7-10-17)21(28)26-19(22(29)30)13-18-11-8-12-25-15-18/h5-12,15,19-20H,4,13-14,16H2,1-3H3,(H,26,28)(H,27,31)(H,29,30)/t19-,20+/m0/s1. The molecule has 8 nitrogen and oxygen atoms in total. The van der Waals surface area contributed by atoms with E-state index < -0.39 is 30.1 Å². The number of aliphatic carboxylic acids is 1. The monoisotopic (exact) mass is 441 g/mol. The molecule has 0 spiro atoms. The van der Waals surface area contributed by atoms with E-state index in [4.69, 9.17) is 4.74 Å². The third-order valence-corrected chi connectivity index (χ3v) is 5.31. The summed E-state index contributed by atoms with van der Waals surface area (Å²) in [5.74, 6) is -1.73. The Balaban J connectivity index is 2.06. The van der Waals surface area contributed by atoms with Crippen molar-refractivity contribution in [1.82, 2.24) is 15.6 Å². The Bertz CT molecular complexity index is 887. The van der Waals surface area contributed by atoms with Crippen molar-refractivity contribution >= 4 is 18.0 Å². The van der Waals surface area contributed by atoms with Crippen LogP contribution in [-0.2, 0) is 27.4 Å². The van der Waals surface area contributed by atoms with Crippen molar-refractivity contribution in [3.63, 3.8) is 0 Å². The van der Waals surface area contributed by atoms with Gasteiger partial charge in [0.05, 0.1) is 0 Å². The molecule has 1 aromatic heterocycles. The number of ether oxygens (including phenoxy) is 1. The molecule has 0 aliphatic rings. The fraction of sp³-hybridized carbons (Fsp3) is 0.417. The van der Waals surface area contributed by atoms with Crippen LogP contribution in [0.1, 0.15) is 44.7 Å². The first kappa shape index (κ1) is 24.8. The van der Waals surface area contributed by atoms with E-state index >= 15 is 0 Å². The molecule has 1 aromatic carbocycles. The maximum absolute atomic E-state index is 13.0. The number of rotatable bonds is 11. The molecule has 2 rings (SSSR count). The number of nitrogens with zero attached hydrogens (tertiary/aromatic N) is 1. The van der Waals surface area contributed by atoms with Crippen LogP contribution in [0.15, 0.2) is 54.9 Å². The highest BCUT2D eigenvalue weighted by Crippen LogP contribution is 2.26. The van der Waals surface area contributed by atoms with Crippen LogP contribution in [0.2, 0.25) is 0 Å². The SMILES string of the molecule is CCC(C)(C)C[C@@H](NC(=O)OCc1ccccc1)C(=O)N[C@@H](Cc1cccnc1)C(=O)O. The average molecular weight is 442 g/mol. The van der Waals surface area contributed by atoms with Gasteiger partial charge in [0.25, 0.3) is 0 Å². The van der Waals surface area contributed by atoms with E-state index in [1.807, 2.05) is 51.1 Å². The molecule has 8 heteroatoms. The number of hydrogen-bond acceptors (Lipinski definition) is 5. The molecule has 0 saturated carbocycles. The molecule has 32 heavy (non-hydrogen) atoms. The molecule has 0 aliphatic heterocycles. The second kappa shape index (κ2) is 11.8. The minimum absolute atomic E-state index is 0.0664. The third-order valence-electron chi connectivity index (χ3n) is 5.31. The van der Waals surface area contributed by atoms with Gasteiger partial charge in [-0.1, -0.05) is 63.6 Å². The molecule has 2 amide bonds. The molecule has 0 fully saturated rings. The van der Waals surface area contributed by atoms with Crippen molar-refractivity contribution < 1.29 is 24.2 Å². The van der Waals surface area contributed by atoms with E-state index in [0.29, 0.717) is 12.0 Å². The van der Waals surface area contributed by atoms with Crippen LogP contribution in [0.4, 0.5) is 4.79 Å². The quantitative estimate of drug-likeness (QED) is 0.492. The maximum Gasteiger partial charge on any atom is 0.408 e. The largest absolute Gasteiger partial charge is 0.480 e. The van der Waals surface area contributed by atoms with Crippen molar-refractivity contribution in [2.24, 2.45) is 5.41 Å². The number of hydrogen-bond donors (Lipinski definition) is 3. The molecular weight excluding hydrogens is 410 g/mol. The third kappa shape index (κ3) is 8.37. The summed E-state index contributed by atoms with van der Waals surface area (Å²) in [6, 6.07) is 10.5. The zero-order valence-corrected chi connectivity index (χ0v) is 18.7. The predicted octanol–water partition coefficient (Wildman–Crippen LogP) is 3.31. The second-order valence-corrected chi connectivity index (χ2v) is 8.45. The minimum Gasteiger partial charge on any atom is -0.480 e. The van der Waals surface area contributed by atoms with Crippen LogP contribution < -0.4 is 10.6 Å². The highest BCUT2D eigenvalue weighted by Gasteiger charge is 2.31. The highest BCUT2D eigenvalue weighted by molar-refractivity contribution is 5.89. The molecule has 172 valence electrons. The van der Waals surface area contributed by atoms with Gasteiger partial charge in [0.15, 0.2) is 0 Å². The van der Waals surface area contributed by atoms with E-state index in [1.165, 1.54) is 0 Å². The lowest BCUT2D eigenvalue weighted by molar-refractivity contribution is -0.142. The Hall–Kier alpha value is -3.42. The summed E-state index contributed by atoms with van der Waals surface area (Å²) in [7, 11) is 0. The van der Waals surface area contributed by atoms with Crippen LogP contribution in [-0.4, -0.2) is 40.1 Å². The van der Waals surface area contributed by atoms with E-state index in [1.54, 1.807) is 24.5 Å². The lowest BCUT2D eigenvalue weighted by atomic mass is 9.83. The van der Waals surface area contributed by atoms with Crippen LogP contribution in [0, 0.1) is 5.41 Å². The van der Waals surface area contributed by atoms with Crippen molar-refractivity contribution in [3.8, 4) is 0 Å². The van der Waals surface area contributed by atoms with Gasteiger partial charge in [-0.05, 0) is 29.0 Å². The summed E-state index contributed by atoms with van der Waals surface area (Å²) < 4.78 is 5.25. The normalized spacial score (nSPS) is 13.0. The molecule has 0 saturated heterocycles. The Morgan fingerprint density at radius 3 is 2.31 bits per heavy atom. The van der Waals surface area contributed by atoms with Gasteiger partial charge in [0, 0.05) is 18.8 Å². The summed E-state index contributed by atoms with van der Waals surface area (Å²) in [6.07, 6.45) is 3.59. The molecule has 1 heterocycles. The summed E-state index contributed by atoms with van der Waals surface area (Å²) in [4.78, 5) is 41.1. The molecule has 2 aromatic rings. The lowest BCUT2D eigenvalue weighted by Gasteiger charge is -2.29. The van der Waals surface area contributed by atoms with Gasteiger partial charge in [-0.2, -0.15) is 0 Å². The van der Waals surface area contributed by atoms with Crippen LogP contribution in [0.5, 0.6) is 0 Å². The van der Waals surface area contributed by atoms with Crippen molar-refractivity contribution in [2.75, 3.05) is 0 Å². The van der Waals surface area contributed by atoms with Gasteiger partial charge in [-0.25, -0.2) is 9.59 Å². The number of carboxylic acid groups (broad SMARTS) is 1. The van der Waals surface area contributed by atoms with Crippen molar-refractivity contribution in [1.29, 1.82) is 0 Å². The number of alkyl carbamates (subject to hydrolysis) is 1. The molecule has 2 atom stereocenters. The summed E-state index contributed by atoms with van der Waals surface area (Å²) in [6.45, 7) is 6.02. The van der Waals surface area contributed by atoms with Crippen molar-refractivity contribution in [2.45, 2.75) is 58.7 Å². The van der Waals surface area contributed by atoms with Gasteiger partial charge in [-0.3, -0.25) is 9.78 Å². The summed E-state index contributed by atoms with van der Waals surface area (Å²) >= 11 is 0. The Kier molecular flexibility index (Phi) is 9.19. The molecule has 3 N–H and O–H groups in total. The zero-order valence-electron chi connectivity index (χ0n) is 18.7. The lowest BCUT2D eigenvalue weighted by Crippen LogP contribution is -2.53. The number of carbonyl (C=O) groups is 3. The first-order valence-electron chi connectivity index (χ1n) is 10.6. The smallest absolute Gasteiger partial charge is 0.408 e. The number of carbonyl (C=O) groups excluding carboxylic acids is 2. The Morgan fingerprint density at radius 2 is 1.72 bits per heavy atom. The van der Waals surface area contributed by atoms with Crippen molar-refractivity contribution in [3.05, 3.63) is 66.0 Å². The first-order valence-corrected chi connectivity index (χ1v) is 10.6. The number of pyridine rings is 1. The zero-order chi connectivity index (χ0) is 23.6.